The number of piperidine rings is 1. The Hall–Kier alpha value is -2.96. The average molecular weight is 477 g/mol. The minimum Gasteiger partial charge on any atom is -0.454 e. The molecule has 10 nitrogen and oxygen atoms in total. The molecule has 1 saturated heterocycles. The summed E-state index contributed by atoms with van der Waals surface area (Å²) in [6.07, 6.45) is 2.23. The number of anilines is 1. The van der Waals surface area contributed by atoms with Gasteiger partial charge < -0.3 is 13.9 Å². The molecule has 1 N–H and O–H groups in total. The number of ether oxygens (including phenoxy) is 2. The van der Waals surface area contributed by atoms with Crippen molar-refractivity contribution in [2.24, 2.45) is 0 Å². The number of fused-ring (bicyclic) bond motifs is 1. The highest BCUT2D eigenvalue weighted by Gasteiger charge is 2.38. The van der Waals surface area contributed by atoms with Crippen LogP contribution in [-0.4, -0.2) is 48.2 Å². The van der Waals surface area contributed by atoms with Crippen molar-refractivity contribution >= 4 is 33.3 Å². The van der Waals surface area contributed by atoms with Crippen molar-refractivity contribution in [2.45, 2.75) is 35.9 Å². The van der Waals surface area contributed by atoms with Gasteiger partial charge >= 0.3 is 6.01 Å². The summed E-state index contributed by atoms with van der Waals surface area (Å²) >= 11 is 1.13. The fourth-order valence-corrected chi connectivity index (χ4v) is 6.55. The van der Waals surface area contributed by atoms with Gasteiger partial charge in [-0.25, -0.2) is 8.42 Å². The zero-order valence-electron chi connectivity index (χ0n) is 16.9. The third kappa shape index (κ3) is 4.08. The number of sulfonamides is 1. The summed E-state index contributed by atoms with van der Waals surface area (Å²) in [4.78, 5) is 12.9. The first-order valence-corrected chi connectivity index (χ1v) is 12.4. The lowest BCUT2D eigenvalue weighted by Crippen LogP contribution is -2.49. The fraction of sp³-hybridized carbons (Fsp3) is 0.350. The van der Waals surface area contributed by atoms with Gasteiger partial charge in [0.15, 0.2) is 11.5 Å². The molecule has 12 heteroatoms. The molecule has 0 aliphatic carbocycles. The van der Waals surface area contributed by atoms with E-state index in [1.807, 2.05) is 18.2 Å². The summed E-state index contributed by atoms with van der Waals surface area (Å²) in [5, 5.41) is 12.1. The lowest BCUT2D eigenvalue weighted by molar-refractivity contribution is -0.120. The Bertz CT molecular complexity index is 1220. The van der Waals surface area contributed by atoms with Crippen LogP contribution in [-0.2, 0) is 21.2 Å². The Kier molecular flexibility index (Phi) is 5.57. The van der Waals surface area contributed by atoms with Gasteiger partial charge in [0.25, 0.3) is 10.0 Å². The first kappa shape index (κ1) is 20.9. The van der Waals surface area contributed by atoms with E-state index in [1.54, 1.807) is 17.5 Å². The molecule has 0 bridgehead atoms. The van der Waals surface area contributed by atoms with Crippen LogP contribution in [0.4, 0.5) is 6.01 Å². The minimum atomic E-state index is -3.74. The number of amides is 1. The molecule has 5 rings (SSSR count). The molecule has 32 heavy (non-hydrogen) atoms. The first-order chi connectivity index (χ1) is 15.5. The smallest absolute Gasteiger partial charge is 0.322 e. The van der Waals surface area contributed by atoms with Crippen LogP contribution in [0.25, 0.3) is 0 Å². The number of carbonyl (C=O) groups is 1. The SMILES string of the molecule is O=C(Nc1nnc(Cc2ccc3c(c2)OCO3)o1)C1CCCCN1S(=O)(=O)c1cccs1. The monoisotopic (exact) mass is 476 g/mol. The van der Waals surface area contributed by atoms with Gasteiger partial charge in [-0.05, 0) is 42.0 Å². The lowest BCUT2D eigenvalue weighted by Gasteiger charge is -2.32. The molecular weight excluding hydrogens is 456 g/mol. The van der Waals surface area contributed by atoms with Gasteiger partial charge in [-0.3, -0.25) is 10.1 Å². The second-order valence-corrected chi connectivity index (χ2v) is 10.5. The zero-order valence-corrected chi connectivity index (χ0v) is 18.5. The Balaban J connectivity index is 1.28. The van der Waals surface area contributed by atoms with Gasteiger partial charge in [-0.1, -0.05) is 23.7 Å². The van der Waals surface area contributed by atoms with Crippen molar-refractivity contribution in [1.29, 1.82) is 0 Å². The van der Waals surface area contributed by atoms with Crippen LogP contribution >= 0.6 is 11.3 Å². The van der Waals surface area contributed by atoms with Crippen LogP contribution in [0.1, 0.15) is 30.7 Å². The second-order valence-electron chi connectivity index (χ2n) is 7.41. The Morgan fingerprint density at radius 1 is 1.19 bits per heavy atom. The minimum absolute atomic E-state index is 0.0650. The summed E-state index contributed by atoms with van der Waals surface area (Å²) in [5.41, 5.74) is 0.885. The lowest BCUT2D eigenvalue weighted by atomic mass is 10.0. The van der Waals surface area contributed by atoms with Gasteiger partial charge in [0.2, 0.25) is 18.6 Å². The Morgan fingerprint density at radius 2 is 2.06 bits per heavy atom. The standard InChI is InChI=1S/C20H20N4O6S2/c25-19(14-4-1-2-8-24(14)32(26,27)18-5-3-9-31-18)21-20-23-22-17(30-20)11-13-6-7-15-16(10-13)29-12-28-15/h3,5-7,9-10,14H,1-2,4,8,11-12H2,(H,21,23,25). The molecule has 4 heterocycles. The van der Waals surface area contributed by atoms with E-state index in [0.29, 0.717) is 36.7 Å². The van der Waals surface area contributed by atoms with Crippen LogP contribution in [0.15, 0.2) is 44.3 Å². The van der Waals surface area contributed by atoms with E-state index >= 15 is 0 Å². The highest BCUT2D eigenvalue weighted by molar-refractivity contribution is 7.91. The summed E-state index contributed by atoms with van der Waals surface area (Å²) < 4.78 is 43.7. The number of aromatic nitrogens is 2. The molecular formula is C20H20N4O6S2. The van der Waals surface area contributed by atoms with Crippen molar-refractivity contribution < 1.29 is 27.1 Å². The maximum absolute atomic E-state index is 13.0. The summed E-state index contributed by atoms with van der Waals surface area (Å²) in [7, 11) is -3.74. The van der Waals surface area contributed by atoms with Crippen LogP contribution in [0.3, 0.4) is 0 Å². The molecule has 0 spiro atoms. The van der Waals surface area contributed by atoms with Crippen molar-refractivity contribution in [3.05, 3.63) is 47.2 Å². The number of benzene rings is 1. The molecule has 2 aliphatic heterocycles. The number of nitrogens with zero attached hydrogens (tertiary/aromatic N) is 3. The van der Waals surface area contributed by atoms with Gasteiger partial charge in [0.05, 0.1) is 6.42 Å². The summed E-state index contributed by atoms with van der Waals surface area (Å²) in [6.45, 7) is 0.480. The maximum atomic E-state index is 13.0. The molecule has 2 aliphatic rings. The van der Waals surface area contributed by atoms with E-state index in [-0.39, 0.29) is 23.6 Å². The zero-order chi connectivity index (χ0) is 22.1. The number of rotatable bonds is 6. The summed E-state index contributed by atoms with van der Waals surface area (Å²) in [5.74, 6) is 1.16. The number of hydrogen-bond donors (Lipinski definition) is 1. The van der Waals surface area contributed by atoms with Crippen molar-refractivity contribution in [3.63, 3.8) is 0 Å². The number of hydrogen-bond acceptors (Lipinski definition) is 9. The molecule has 1 atom stereocenters. The molecule has 1 fully saturated rings. The van der Waals surface area contributed by atoms with E-state index in [2.05, 4.69) is 15.5 Å². The topological polar surface area (TPSA) is 124 Å². The summed E-state index contributed by atoms with van der Waals surface area (Å²) in [6, 6.07) is 7.83. The average Bonchev–Trinajstić information content (AvgIpc) is 3.56. The fourth-order valence-electron chi connectivity index (χ4n) is 3.77. The van der Waals surface area contributed by atoms with Crippen LogP contribution in [0.2, 0.25) is 0 Å². The van der Waals surface area contributed by atoms with E-state index in [0.717, 1.165) is 23.3 Å². The number of nitrogens with one attached hydrogen (secondary N) is 1. The molecule has 0 saturated carbocycles. The molecule has 1 unspecified atom stereocenters. The predicted octanol–water partition coefficient (Wildman–Crippen LogP) is 2.63. The maximum Gasteiger partial charge on any atom is 0.322 e. The molecule has 3 aromatic rings. The van der Waals surface area contributed by atoms with Crippen LogP contribution in [0, 0.1) is 0 Å². The molecule has 1 aromatic carbocycles. The van der Waals surface area contributed by atoms with Crippen LogP contribution < -0.4 is 14.8 Å². The normalized spacial score (nSPS) is 18.6. The van der Waals surface area contributed by atoms with Crippen molar-refractivity contribution in [3.8, 4) is 11.5 Å². The van der Waals surface area contributed by atoms with Gasteiger partial charge in [0.1, 0.15) is 10.3 Å². The highest BCUT2D eigenvalue weighted by atomic mass is 32.2. The Labute approximate surface area is 188 Å². The van der Waals surface area contributed by atoms with Gasteiger partial charge in [-0.2, -0.15) is 4.31 Å². The highest BCUT2D eigenvalue weighted by Crippen LogP contribution is 2.33. The Morgan fingerprint density at radius 3 is 2.91 bits per heavy atom. The molecule has 2 aromatic heterocycles. The third-order valence-electron chi connectivity index (χ3n) is 5.30. The molecule has 0 radical (unpaired) electrons. The van der Waals surface area contributed by atoms with Crippen molar-refractivity contribution in [2.75, 3.05) is 18.7 Å². The largest absolute Gasteiger partial charge is 0.454 e. The molecule has 168 valence electrons. The van der Waals surface area contributed by atoms with E-state index in [9.17, 15) is 13.2 Å². The number of thiophene rings is 1. The van der Waals surface area contributed by atoms with Crippen LogP contribution in [0.5, 0.6) is 11.5 Å². The molecule has 1 amide bonds. The van der Waals surface area contributed by atoms with E-state index < -0.39 is 22.0 Å². The number of carbonyl (C=O) groups excluding carboxylic acids is 1. The third-order valence-corrected chi connectivity index (χ3v) is 8.58. The first-order valence-electron chi connectivity index (χ1n) is 10.1. The van der Waals surface area contributed by atoms with E-state index in [4.69, 9.17) is 13.9 Å². The van der Waals surface area contributed by atoms with Gasteiger partial charge in [-0.15, -0.1) is 16.4 Å². The van der Waals surface area contributed by atoms with Crippen molar-refractivity contribution in [1.82, 2.24) is 14.5 Å². The van der Waals surface area contributed by atoms with Gasteiger partial charge in [0, 0.05) is 6.54 Å². The van der Waals surface area contributed by atoms with E-state index in [1.165, 1.54) is 4.31 Å². The second kappa shape index (κ2) is 8.52. The quantitative estimate of drug-likeness (QED) is 0.576. The predicted molar refractivity (Wildman–Crippen MR) is 114 cm³/mol.